The molecular weight excluding hydrogens is 370 g/mol. The third-order valence-corrected chi connectivity index (χ3v) is 5.85. The largest absolute Gasteiger partial charge is 0.249 e. The van der Waals surface area contributed by atoms with E-state index in [4.69, 9.17) is 0 Å². The van der Waals surface area contributed by atoms with Crippen LogP contribution < -0.4 is 0 Å². The molecule has 1 rings (SSSR count). The Morgan fingerprint density at radius 1 is 0.680 bits per heavy atom. The van der Waals surface area contributed by atoms with Crippen LogP contribution in [0.15, 0.2) is 22.9 Å². The predicted octanol–water partition coefficient (Wildman–Crippen LogP) is 8.65. The standard InChI is InChI=1S/C23H40BrN/c1-2-3-4-5-6-7-8-9-10-11-12-13-14-15-16-17-19-22-20-18-21-25-23(22)24/h18,20-21H,2-17,19H2,1H3. The number of aryl methyl sites for hydroxylation is 1. The Morgan fingerprint density at radius 2 is 1.12 bits per heavy atom. The Kier molecular flexibility index (Phi) is 15.5. The Labute approximate surface area is 165 Å². The molecule has 0 aromatic carbocycles. The molecule has 0 aliphatic rings. The first-order chi connectivity index (χ1) is 12.3. The van der Waals surface area contributed by atoms with Gasteiger partial charge < -0.3 is 0 Å². The first-order valence-corrected chi connectivity index (χ1v) is 11.7. The molecule has 0 amide bonds. The van der Waals surface area contributed by atoms with Gasteiger partial charge in [0.1, 0.15) is 4.60 Å². The first kappa shape index (κ1) is 22.7. The summed E-state index contributed by atoms with van der Waals surface area (Å²) < 4.78 is 1.02. The number of hydrogen-bond acceptors (Lipinski definition) is 1. The van der Waals surface area contributed by atoms with Crippen LogP contribution in [0.2, 0.25) is 0 Å². The van der Waals surface area contributed by atoms with E-state index in [0.29, 0.717) is 0 Å². The molecule has 1 heterocycles. The Bertz CT molecular complexity index is 405. The highest BCUT2D eigenvalue weighted by atomic mass is 79.9. The average molecular weight is 410 g/mol. The van der Waals surface area contributed by atoms with Crippen LogP contribution in [-0.2, 0) is 6.42 Å². The Hall–Kier alpha value is -0.370. The molecule has 0 radical (unpaired) electrons. The quantitative estimate of drug-likeness (QED) is 0.185. The van der Waals surface area contributed by atoms with Crippen molar-refractivity contribution in [2.75, 3.05) is 0 Å². The lowest BCUT2D eigenvalue weighted by atomic mass is 10.0. The maximum absolute atomic E-state index is 4.29. The molecule has 0 fully saturated rings. The van der Waals surface area contributed by atoms with Gasteiger partial charge in [0.05, 0.1) is 0 Å². The fraction of sp³-hybridized carbons (Fsp3) is 0.783. The average Bonchev–Trinajstić information content (AvgIpc) is 2.63. The molecule has 0 atom stereocenters. The zero-order chi connectivity index (χ0) is 18.0. The summed E-state index contributed by atoms with van der Waals surface area (Å²) in [7, 11) is 0. The highest BCUT2D eigenvalue weighted by molar-refractivity contribution is 9.10. The maximum atomic E-state index is 4.29. The van der Waals surface area contributed by atoms with Gasteiger partial charge in [0.25, 0.3) is 0 Å². The van der Waals surface area contributed by atoms with Crippen molar-refractivity contribution in [1.82, 2.24) is 4.98 Å². The number of nitrogens with zero attached hydrogens (tertiary/aromatic N) is 1. The normalized spacial score (nSPS) is 11.1. The van der Waals surface area contributed by atoms with Crippen molar-refractivity contribution in [3.05, 3.63) is 28.5 Å². The molecule has 1 nitrogen and oxygen atoms in total. The van der Waals surface area contributed by atoms with E-state index < -0.39 is 0 Å². The van der Waals surface area contributed by atoms with Gasteiger partial charge in [-0.05, 0) is 40.4 Å². The van der Waals surface area contributed by atoms with Gasteiger partial charge in [-0.1, -0.05) is 109 Å². The molecule has 0 spiro atoms. The van der Waals surface area contributed by atoms with Crippen LogP contribution in [0.25, 0.3) is 0 Å². The van der Waals surface area contributed by atoms with Gasteiger partial charge in [-0.2, -0.15) is 0 Å². The van der Waals surface area contributed by atoms with E-state index in [1.165, 1.54) is 108 Å². The summed E-state index contributed by atoms with van der Waals surface area (Å²) in [5, 5.41) is 0. The smallest absolute Gasteiger partial charge is 0.109 e. The summed E-state index contributed by atoms with van der Waals surface area (Å²) in [6.45, 7) is 2.29. The topological polar surface area (TPSA) is 12.9 Å². The van der Waals surface area contributed by atoms with E-state index >= 15 is 0 Å². The van der Waals surface area contributed by atoms with Crippen molar-refractivity contribution in [2.45, 2.75) is 116 Å². The zero-order valence-corrected chi connectivity index (χ0v) is 18.2. The molecule has 2 heteroatoms. The summed E-state index contributed by atoms with van der Waals surface area (Å²) in [5.41, 5.74) is 1.35. The van der Waals surface area contributed by atoms with E-state index in [2.05, 4.69) is 33.9 Å². The second kappa shape index (κ2) is 17.1. The summed E-state index contributed by atoms with van der Waals surface area (Å²) >= 11 is 3.53. The first-order valence-electron chi connectivity index (χ1n) is 10.9. The minimum Gasteiger partial charge on any atom is -0.249 e. The van der Waals surface area contributed by atoms with E-state index in [0.717, 1.165) is 11.0 Å². The number of rotatable bonds is 17. The van der Waals surface area contributed by atoms with Gasteiger partial charge in [-0.25, -0.2) is 4.98 Å². The third-order valence-electron chi connectivity index (χ3n) is 5.14. The van der Waals surface area contributed by atoms with Crippen LogP contribution in [0, 0.1) is 0 Å². The summed E-state index contributed by atoms with van der Waals surface area (Å²) in [5.74, 6) is 0. The molecule has 0 saturated carbocycles. The minimum absolute atomic E-state index is 1.02. The molecule has 0 aliphatic heterocycles. The van der Waals surface area contributed by atoms with Crippen LogP contribution in [-0.4, -0.2) is 4.98 Å². The summed E-state index contributed by atoms with van der Waals surface area (Å²) in [4.78, 5) is 4.29. The molecule has 144 valence electrons. The van der Waals surface area contributed by atoms with E-state index in [1.54, 1.807) is 0 Å². The molecule has 0 bridgehead atoms. The number of aromatic nitrogens is 1. The zero-order valence-electron chi connectivity index (χ0n) is 16.6. The van der Waals surface area contributed by atoms with Gasteiger partial charge in [-0.15, -0.1) is 0 Å². The molecule has 0 N–H and O–H groups in total. The second-order valence-electron chi connectivity index (χ2n) is 7.51. The number of hydrogen-bond donors (Lipinski definition) is 0. The fourth-order valence-corrected chi connectivity index (χ4v) is 3.92. The number of pyridine rings is 1. The van der Waals surface area contributed by atoms with Crippen molar-refractivity contribution in [3.8, 4) is 0 Å². The van der Waals surface area contributed by atoms with Crippen LogP contribution in [0.5, 0.6) is 0 Å². The van der Waals surface area contributed by atoms with Gasteiger partial charge in [-0.3, -0.25) is 0 Å². The Balaban J connectivity index is 1.75. The number of unbranched alkanes of at least 4 members (excludes halogenated alkanes) is 15. The van der Waals surface area contributed by atoms with Crippen molar-refractivity contribution in [3.63, 3.8) is 0 Å². The maximum Gasteiger partial charge on any atom is 0.109 e. The van der Waals surface area contributed by atoms with Crippen LogP contribution in [0.3, 0.4) is 0 Å². The fourth-order valence-electron chi connectivity index (χ4n) is 3.47. The van der Waals surface area contributed by atoms with E-state index in [9.17, 15) is 0 Å². The monoisotopic (exact) mass is 409 g/mol. The van der Waals surface area contributed by atoms with Gasteiger partial charge in [0.15, 0.2) is 0 Å². The lowest BCUT2D eigenvalue weighted by molar-refractivity contribution is 0.529. The van der Waals surface area contributed by atoms with Crippen LogP contribution in [0.4, 0.5) is 0 Å². The predicted molar refractivity (Wildman–Crippen MR) is 115 cm³/mol. The lowest BCUT2D eigenvalue weighted by Crippen LogP contribution is -1.89. The summed E-state index contributed by atoms with van der Waals surface area (Å²) in [6, 6.07) is 4.22. The lowest BCUT2D eigenvalue weighted by Gasteiger charge is -2.04. The highest BCUT2D eigenvalue weighted by Gasteiger charge is 1.99. The minimum atomic E-state index is 1.02. The van der Waals surface area contributed by atoms with Crippen molar-refractivity contribution in [2.24, 2.45) is 0 Å². The molecule has 0 unspecified atom stereocenters. The van der Waals surface area contributed by atoms with Gasteiger partial charge in [0.2, 0.25) is 0 Å². The second-order valence-corrected chi connectivity index (χ2v) is 8.26. The van der Waals surface area contributed by atoms with Gasteiger partial charge >= 0.3 is 0 Å². The van der Waals surface area contributed by atoms with Crippen molar-refractivity contribution in [1.29, 1.82) is 0 Å². The summed E-state index contributed by atoms with van der Waals surface area (Å²) in [6.07, 6.45) is 25.9. The van der Waals surface area contributed by atoms with E-state index in [1.807, 2.05) is 12.3 Å². The number of halogens is 1. The van der Waals surface area contributed by atoms with Crippen LogP contribution >= 0.6 is 15.9 Å². The van der Waals surface area contributed by atoms with Crippen molar-refractivity contribution < 1.29 is 0 Å². The van der Waals surface area contributed by atoms with Crippen LogP contribution in [0.1, 0.15) is 115 Å². The van der Waals surface area contributed by atoms with E-state index in [-0.39, 0.29) is 0 Å². The molecule has 1 aromatic heterocycles. The molecule has 1 aromatic rings. The highest BCUT2D eigenvalue weighted by Crippen LogP contribution is 2.17. The van der Waals surface area contributed by atoms with Crippen molar-refractivity contribution >= 4 is 15.9 Å². The van der Waals surface area contributed by atoms with Gasteiger partial charge in [0, 0.05) is 6.20 Å². The molecule has 25 heavy (non-hydrogen) atoms. The third kappa shape index (κ3) is 13.5. The molecule has 0 aliphatic carbocycles. The Morgan fingerprint density at radius 3 is 1.56 bits per heavy atom. The molecular formula is C23H40BrN. The SMILES string of the molecule is CCCCCCCCCCCCCCCCCCc1cccnc1Br. The molecule has 0 saturated heterocycles.